The van der Waals surface area contributed by atoms with Gasteiger partial charge in [0.2, 0.25) is 0 Å². The van der Waals surface area contributed by atoms with E-state index >= 15 is 0 Å². The fourth-order valence-corrected chi connectivity index (χ4v) is 4.07. The summed E-state index contributed by atoms with van der Waals surface area (Å²) in [5.41, 5.74) is 2.97. The maximum atomic E-state index is 12.7. The number of ether oxygens (including phenoxy) is 1. The van der Waals surface area contributed by atoms with Crippen LogP contribution in [0.5, 0.6) is 0 Å². The highest BCUT2D eigenvalue weighted by Crippen LogP contribution is 2.30. The topological polar surface area (TPSA) is 61.5 Å². The van der Waals surface area contributed by atoms with Gasteiger partial charge in [-0.2, -0.15) is 5.10 Å². The molecule has 2 aliphatic heterocycles. The maximum absolute atomic E-state index is 12.7. The van der Waals surface area contributed by atoms with Crippen LogP contribution >= 0.6 is 0 Å². The second-order valence-electron chi connectivity index (χ2n) is 7.40. The number of morpholine rings is 1. The first-order chi connectivity index (χ1) is 13.3. The van der Waals surface area contributed by atoms with E-state index in [4.69, 9.17) is 4.74 Å². The molecule has 0 saturated carbocycles. The van der Waals surface area contributed by atoms with Gasteiger partial charge in [0, 0.05) is 19.6 Å². The Bertz CT molecular complexity index is 740. The first-order valence-corrected chi connectivity index (χ1v) is 10.0. The van der Waals surface area contributed by atoms with Crippen molar-refractivity contribution in [2.24, 2.45) is 0 Å². The Hall–Kier alpha value is -2.18. The van der Waals surface area contributed by atoms with E-state index in [1.807, 2.05) is 11.0 Å². The van der Waals surface area contributed by atoms with Crippen molar-refractivity contribution in [3.8, 4) is 0 Å². The van der Waals surface area contributed by atoms with Crippen molar-refractivity contribution in [2.75, 3.05) is 39.4 Å². The molecule has 2 aliphatic rings. The number of aromatic nitrogens is 2. The molecular formula is C21H28N4O2. The molecule has 2 saturated heterocycles. The smallest absolute Gasteiger partial charge is 0.274 e. The standard InChI is InChI=1S/C21H28N4O2/c26-21(25-12-14-27-15-13-25)19-16-18(22-23-19)20-8-4-5-10-24(20)11-9-17-6-2-1-3-7-17/h1-3,6-7,16,20H,4-5,8-15H2,(H,22,23). The summed E-state index contributed by atoms with van der Waals surface area (Å²) in [6.45, 7) is 4.64. The van der Waals surface area contributed by atoms with Crippen molar-refractivity contribution < 1.29 is 9.53 Å². The van der Waals surface area contributed by atoms with Crippen molar-refractivity contribution >= 4 is 5.91 Å². The largest absolute Gasteiger partial charge is 0.378 e. The molecule has 1 aromatic heterocycles. The minimum atomic E-state index is 0.00689. The van der Waals surface area contributed by atoms with Gasteiger partial charge in [-0.25, -0.2) is 0 Å². The molecule has 0 bridgehead atoms. The number of rotatable bonds is 5. The summed E-state index contributed by atoms with van der Waals surface area (Å²) in [6, 6.07) is 12.9. The average molecular weight is 368 g/mol. The van der Waals surface area contributed by atoms with E-state index in [1.165, 1.54) is 18.4 Å². The average Bonchev–Trinajstić information content (AvgIpc) is 3.23. The van der Waals surface area contributed by atoms with Gasteiger partial charge in [-0.15, -0.1) is 0 Å². The lowest BCUT2D eigenvalue weighted by Crippen LogP contribution is -2.40. The number of piperidine rings is 1. The van der Waals surface area contributed by atoms with Crippen LogP contribution in [0, 0.1) is 0 Å². The zero-order valence-corrected chi connectivity index (χ0v) is 15.8. The van der Waals surface area contributed by atoms with Gasteiger partial charge in [0.05, 0.1) is 24.9 Å². The summed E-state index contributed by atoms with van der Waals surface area (Å²) in [5.74, 6) is 0.00689. The Morgan fingerprint density at radius 2 is 1.96 bits per heavy atom. The van der Waals surface area contributed by atoms with E-state index in [1.54, 1.807) is 0 Å². The number of nitrogens with one attached hydrogen (secondary N) is 1. The molecule has 27 heavy (non-hydrogen) atoms. The van der Waals surface area contributed by atoms with Gasteiger partial charge >= 0.3 is 0 Å². The first-order valence-electron chi connectivity index (χ1n) is 10.0. The Kier molecular flexibility index (Phi) is 5.84. The van der Waals surface area contributed by atoms with Gasteiger partial charge in [-0.1, -0.05) is 36.8 Å². The number of aromatic amines is 1. The number of hydrogen-bond donors (Lipinski definition) is 1. The molecule has 0 spiro atoms. The number of nitrogens with zero attached hydrogens (tertiary/aromatic N) is 3. The molecule has 0 radical (unpaired) electrons. The predicted molar refractivity (Wildman–Crippen MR) is 104 cm³/mol. The molecule has 1 aromatic carbocycles. The van der Waals surface area contributed by atoms with Crippen LogP contribution in [0.3, 0.4) is 0 Å². The van der Waals surface area contributed by atoms with Crippen LogP contribution < -0.4 is 0 Å². The fraction of sp³-hybridized carbons (Fsp3) is 0.524. The molecule has 2 fully saturated rings. The molecule has 1 unspecified atom stereocenters. The van der Waals surface area contributed by atoms with E-state index in [0.29, 0.717) is 38.0 Å². The van der Waals surface area contributed by atoms with E-state index in [9.17, 15) is 4.79 Å². The van der Waals surface area contributed by atoms with Gasteiger partial charge in [-0.05, 0) is 37.4 Å². The number of carbonyl (C=O) groups is 1. The van der Waals surface area contributed by atoms with E-state index in [0.717, 1.165) is 31.6 Å². The Balaban J connectivity index is 1.42. The monoisotopic (exact) mass is 368 g/mol. The molecule has 2 aromatic rings. The molecule has 0 aliphatic carbocycles. The molecule has 1 N–H and O–H groups in total. The number of amides is 1. The quantitative estimate of drug-likeness (QED) is 0.881. The van der Waals surface area contributed by atoms with Crippen molar-refractivity contribution in [3.05, 3.63) is 53.3 Å². The normalized spacial score (nSPS) is 21.3. The zero-order valence-electron chi connectivity index (χ0n) is 15.8. The van der Waals surface area contributed by atoms with Crippen molar-refractivity contribution in [1.82, 2.24) is 20.0 Å². The van der Waals surface area contributed by atoms with Crippen LogP contribution in [0.4, 0.5) is 0 Å². The van der Waals surface area contributed by atoms with E-state index in [-0.39, 0.29) is 5.91 Å². The van der Waals surface area contributed by atoms with Crippen LogP contribution in [-0.2, 0) is 11.2 Å². The molecule has 1 amide bonds. The minimum Gasteiger partial charge on any atom is -0.378 e. The van der Waals surface area contributed by atoms with Crippen molar-refractivity contribution in [1.29, 1.82) is 0 Å². The van der Waals surface area contributed by atoms with Gasteiger partial charge in [-0.3, -0.25) is 14.8 Å². The number of H-pyrrole nitrogens is 1. The number of hydrogen-bond acceptors (Lipinski definition) is 4. The molecule has 6 heteroatoms. The van der Waals surface area contributed by atoms with Gasteiger partial charge in [0.15, 0.2) is 0 Å². The molecule has 144 valence electrons. The fourth-order valence-electron chi connectivity index (χ4n) is 4.07. The van der Waals surface area contributed by atoms with Crippen LogP contribution in [0.25, 0.3) is 0 Å². The lowest BCUT2D eigenvalue weighted by molar-refractivity contribution is 0.0299. The molecule has 1 atom stereocenters. The summed E-state index contributed by atoms with van der Waals surface area (Å²) in [4.78, 5) is 17.0. The Morgan fingerprint density at radius 1 is 1.15 bits per heavy atom. The van der Waals surface area contributed by atoms with Gasteiger partial charge in [0.1, 0.15) is 5.69 Å². The summed E-state index contributed by atoms with van der Waals surface area (Å²) >= 11 is 0. The van der Waals surface area contributed by atoms with Crippen LogP contribution in [0.2, 0.25) is 0 Å². The lowest BCUT2D eigenvalue weighted by Gasteiger charge is -2.35. The van der Waals surface area contributed by atoms with Gasteiger partial charge < -0.3 is 9.64 Å². The van der Waals surface area contributed by atoms with E-state index in [2.05, 4.69) is 45.4 Å². The minimum absolute atomic E-state index is 0.00689. The second-order valence-corrected chi connectivity index (χ2v) is 7.40. The van der Waals surface area contributed by atoms with Crippen LogP contribution in [0.1, 0.15) is 47.1 Å². The SMILES string of the molecule is O=C(c1cc(C2CCCCN2CCc2ccccc2)[nH]n1)N1CCOCC1. The van der Waals surface area contributed by atoms with Crippen LogP contribution in [-0.4, -0.2) is 65.3 Å². The molecule has 4 rings (SSSR count). The number of likely N-dealkylation sites (tertiary alicyclic amines) is 1. The maximum Gasteiger partial charge on any atom is 0.274 e. The second kappa shape index (κ2) is 8.67. The number of carbonyl (C=O) groups excluding carboxylic acids is 1. The third-order valence-electron chi connectivity index (χ3n) is 5.62. The summed E-state index contributed by atoms with van der Waals surface area (Å²) in [7, 11) is 0. The van der Waals surface area contributed by atoms with Crippen LogP contribution in [0.15, 0.2) is 36.4 Å². The third kappa shape index (κ3) is 4.39. The first kappa shape index (κ1) is 18.2. The highest BCUT2D eigenvalue weighted by atomic mass is 16.5. The van der Waals surface area contributed by atoms with Crippen molar-refractivity contribution in [2.45, 2.75) is 31.7 Å². The van der Waals surface area contributed by atoms with Gasteiger partial charge in [0.25, 0.3) is 5.91 Å². The molecule has 3 heterocycles. The Morgan fingerprint density at radius 3 is 2.78 bits per heavy atom. The third-order valence-corrected chi connectivity index (χ3v) is 5.62. The summed E-state index contributed by atoms with van der Waals surface area (Å²) in [5, 5.41) is 7.49. The molecular weight excluding hydrogens is 340 g/mol. The molecule has 6 nitrogen and oxygen atoms in total. The highest BCUT2D eigenvalue weighted by Gasteiger charge is 2.27. The Labute approximate surface area is 160 Å². The van der Waals surface area contributed by atoms with Crippen molar-refractivity contribution in [3.63, 3.8) is 0 Å². The summed E-state index contributed by atoms with van der Waals surface area (Å²) in [6.07, 6.45) is 4.62. The zero-order chi connectivity index (χ0) is 18.5. The highest BCUT2D eigenvalue weighted by molar-refractivity contribution is 5.92. The predicted octanol–water partition coefficient (Wildman–Crippen LogP) is 2.65. The lowest BCUT2D eigenvalue weighted by atomic mass is 9.98. The number of benzene rings is 1. The summed E-state index contributed by atoms with van der Waals surface area (Å²) < 4.78 is 5.33. The van der Waals surface area contributed by atoms with E-state index < -0.39 is 0 Å².